The summed E-state index contributed by atoms with van der Waals surface area (Å²) in [5, 5.41) is 9.23. The highest BCUT2D eigenvalue weighted by molar-refractivity contribution is 5.86. The predicted octanol–water partition coefficient (Wildman–Crippen LogP) is 1.01. The van der Waals surface area contributed by atoms with E-state index < -0.39 is 0 Å². The van der Waals surface area contributed by atoms with Crippen molar-refractivity contribution < 1.29 is 4.79 Å². The van der Waals surface area contributed by atoms with Gasteiger partial charge in [-0.15, -0.1) is 0 Å². The van der Waals surface area contributed by atoms with Gasteiger partial charge in [-0.1, -0.05) is 26.2 Å². The largest absolute Gasteiger partial charge is 0.356 e. The van der Waals surface area contributed by atoms with Crippen LogP contribution < -0.4 is 16.0 Å². The van der Waals surface area contributed by atoms with Crippen molar-refractivity contribution >= 4 is 11.9 Å². The van der Waals surface area contributed by atoms with E-state index in [1.165, 1.54) is 19.3 Å². The quantitative estimate of drug-likeness (QED) is 0.507. The fraction of sp³-hybridized carbons (Fsp3) is 0.846. The molecule has 0 heterocycles. The molecule has 0 atom stereocenters. The summed E-state index contributed by atoms with van der Waals surface area (Å²) in [6.45, 7) is 3.25. The molecule has 0 aliphatic heterocycles. The number of amides is 1. The minimum Gasteiger partial charge on any atom is -0.356 e. The van der Waals surface area contributed by atoms with Crippen LogP contribution in [0.5, 0.6) is 0 Å². The Labute approximate surface area is 110 Å². The Kier molecular flexibility index (Phi) is 7.22. The van der Waals surface area contributed by atoms with Crippen molar-refractivity contribution in [2.45, 2.75) is 51.5 Å². The number of carbonyl (C=O) groups excluding carboxylic acids is 1. The molecule has 18 heavy (non-hydrogen) atoms. The van der Waals surface area contributed by atoms with Crippen molar-refractivity contribution in [2.75, 3.05) is 20.1 Å². The van der Waals surface area contributed by atoms with Gasteiger partial charge in [0.2, 0.25) is 5.91 Å². The summed E-state index contributed by atoms with van der Waals surface area (Å²) in [5.74, 6) is 0.747. The summed E-state index contributed by atoms with van der Waals surface area (Å²) < 4.78 is 0. The number of hydrogen-bond acceptors (Lipinski definition) is 2. The number of nitrogens with zero attached hydrogens (tertiary/aromatic N) is 1. The van der Waals surface area contributed by atoms with Gasteiger partial charge in [0.15, 0.2) is 5.96 Å². The smallest absolute Gasteiger partial charge is 0.239 e. The number of aliphatic imine (C=N–C) groups is 1. The predicted molar refractivity (Wildman–Crippen MR) is 74.7 cm³/mol. The Bertz CT molecular complexity index is 272. The topological polar surface area (TPSA) is 65.5 Å². The van der Waals surface area contributed by atoms with Gasteiger partial charge in [0.1, 0.15) is 0 Å². The number of guanidine groups is 1. The van der Waals surface area contributed by atoms with E-state index in [9.17, 15) is 4.79 Å². The van der Waals surface area contributed by atoms with E-state index in [4.69, 9.17) is 0 Å². The molecular weight excluding hydrogens is 228 g/mol. The first-order valence-electron chi connectivity index (χ1n) is 7.00. The average molecular weight is 254 g/mol. The third-order valence-corrected chi connectivity index (χ3v) is 3.15. The normalized spacial score (nSPS) is 17.3. The SMILES string of the molecule is CCCNC(=NC)NCC(=O)NC1CCCCC1. The van der Waals surface area contributed by atoms with Gasteiger partial charge in [-0.25, -0.2) is 0 Å². The lowest BCUT2D eigenvalue weighted by atomic mass is 9.95. The van der Waals surface area contributed by atoms with Crippen LogP contribution in [0.3, 0.4) is 0 Å². The molecule has 1 amide bonds. The molecule has 5 heteroatoms. The van der Waals surface area contributed by atoms with Crippen LogP contribution in [0.15, 0.2) is 4.99 Å². The molecule has 1 rings (SSSR count). The Hall–Kier alpha value is -1.26. The molecule has 0 spiro atoms. The molecule has 0 bridgehead atoms. The highest BCUT2D eigenvalue weighted by Crippen LogP contribution is 2.16. The monoisotopic (exact) mass is 254 g/mol. The molecule has 1 aliphatic carbocycles. The van der Waals surface area contributed by atoms with Gasteiger partial charge in [0.25, 0.3) is 0 Å². The van der Waals surface area contributed by atoms with Gasteiger partial charge < -0.3 is 16.0 Å². The van der Waals surface area contributed by atoms with Crippen molar-refractivity contribution in [2.24, 2.45) is 4.99 Å². The zero-order valence-electron chi connectivity index (χ0n) is 11.6. The zero-order valence-corrected chi connectivity index (χ0v) is 11.6. The highest BCUT2D eigenvalue weighted by atomic mass is 16.2. The van der Waals surface area contributed by atoms with E-state index in [-0.39, 0.29) is 5.91 Å². The summed E-state index contributed by atoms with van der Waals surface area (Å²) in [5.41, 5.74) is 0. The van der Waals surface area contributed by atoms with Crippen molar-refractivity contribution in [3.05, 3.63) is 0 Å². The van der Waals surface area contributed by atoms with Gasteiger partial charge >= 0.3 is 0 Å². The second-order valence-electron chi connectivity index (χ2n) is 4.75. The summed E-state index contributed by atoms with van der Waals surface area (Å²) in [4.78, 5) is 15.8. The van der Waals surface area contributed by atoms with Gasteiger partial charge in [0.05, 0.1) is 6.54 Å². The number of hydrogen-bond donors (Lipinski definition) is 3. The fourth-order valence-corrected chi connectivity index (χ4v) is 2.15. The number of nitrogens with one attached hydrogen (secondary N) is 3. The third kappa shape index (κ3) is 5.89. The molecular formula is C13H26N4O. The van der Waals surface area contributed by atoms with Crippen LogP contribution >= 0.6 is 0 Å². The summed E-state index contributed by atoms with van der Waals surface area (Å²) >= 11 is 0. The molecule has 1 fully saturated rings. The van der Waals surface area contributed by atoms with Crippen LogP contribution in [-0.2, 0) is 4.79 Å². The van der Waals surface area contributed by atoms with E-state index >= 15 is 0 Å². The average Bonchev–Trinajstić information content (AvgIpc) is 2.40. The summed E-state index contributed by atoms with van der Waals surface area (Å²) in [6, 6.07) is 0.374. The lowest BCUT2D eigenvalue weighted by Crippen LogP contribution is -2.46. The van der Waals surface area contributed by atoms with Gasteiger partial charge in [-0.05, 0) is 19.3 Å². The van der Waals surface area contributed by atoms with Crippen molar-refractivity contribution in [1.82, 2.24) is 16.0 Å². The molecule has 0 aromatic carbocycles. The lowest BCUT2D eigenvalue weighted by molar-refractivity contribution is -0.120. The molecule has 0 unspecified atom stereocenters. The second kappa shape index (κ2) is 8.78. The van der Waals surface area contributed by atoms with E-state index in [2.05, 4.69) is 27.9 Å². The highest BCUT2D eigenvalue weighted by Gasteiger charge is 2.15. The molecule has 0 radical (unpaired) electrons. The maximum Gasteiger partial charge on any atom is 0.239 e. The molecule has 0 saturated heterocycles. The van der Waals surface area contributed by atoms with Gasteiger partial charge in [-0.3, -0.25) is 9.79 Å². The number of rotatable bonds is 5. The van der Waals surface area contributed by atoms with Gasteiger partial charge in [-0.2, -0.15) is 0 Å². The third-order valence-electron chi connectivity index (χ3n) is 3.15. The van der Waals surface area contributed by atoms with E-state index in [1.54, 1.807) is 7.05 Å². The van der Waals surface area contributed by atoms with Crippen LogP contribution in [-0.4, -0.2) is 38.0 Å². The van der Waals surface area contributed by atoms with Crippen LogP contribution in [0.2, 0.25) is 0 Å². The molecule has 5 nitrogen and oxygen atoms in total. The second-order valence-corrected chi connectivity index (χ2v) is 4.75. The Morgan fingerprint density at radius 3 is 2.56 bits per heavy atom. The van der Waals surface area contributed by atoms with E-state index in [1.807, 2.05) is 0 Å². The first-order chi connectivity index (χ1) is 8.76. The van der Waals surface area contributed by atoms with E-state index in [0.29, 0.717) is 18.5 Å². The number of carbonyl (C=O) groups is 1. The first-order valence-corrected chi connectivity index (χ1v) is 7.00. The standard InChI is InChI=1S/C13H26N4O/c1-3-9-15-13(14-2)16-10-12(18)17-11-7-5-4-6-8-11/h11H,3-10H2,1-2H3,(H,17,18)(H2,14,15,16). The Balaban J connectivity index is 2.18. The van der Waals surface area contributed by atoms with Crippen LogP contribution in [0.4, 0.5) is 0 Å². The molecule has 0 aromatic heterocycles. The first kappa shape index (κ1) is 14.8. The van der Waals surface area contributed by atoms with E-state index in [0.717, 1.165) is 25.8 Å². The van der Waals surface area contributed by atoms with Crippen molar-refractivity contribution in [3.8, 4) is 0 Å². The van der Waals surface area contributed by atoms with Crippen LogP contribution in [0.1, 0.15) is 45.4 Å². The zero-order chi connectivity index (χ0) is 13.2. The summed E-state index contributed by atoms with van der Waals surface area (Å²) in [6.07, 6.45) is 7.05. The minimum absolute atomic E-state index is 0.0568. The minimum atomic E-state index is 0.0568. The van der Waals surface area contributed by atoms with Gasteiger partial charge in [0, 0.05) is 19.6 Å². The van der Waals surface area contributed by atoms with Crippen LogP contribution in [0.25, 0.3) is 0 Å². The van der Waals surface area contributed by atoms with Crippen molar-refractivity contribution in [3.63, 3.8) is 0 Å². The molecule has 0 aromatic rings. The maximum atomic E-state index is 11.7. The molecule has 3 N–H and O–H groups in total. The molecule has 104 valence electrons. The summed E-state index contributed by atoms with van der Waals surface area (Å²) in [7, 11) is 1.71. The fourth-order valence-electron chi connectivity index (χ4n) is 2.15. The Morgan fingerprint density at radius 1 is 1.22 bits per heavy atom. The van der Waals surface area contributed by atoms with Crippen molar-refractivity contribution in [1.29, 1.82) is 0 Å². The molecule has 1 saturated carbocycles. The Morgan fingerprint density at radius 2 is 1.94 bits per heavy atom. The van der Waals surface area contributed by atoms with Crippen LogP contribution in [0, 0.1) is 0 Å². The molecule has 1 aliphatic rings. The maximum absolute atomic E-state index is 11.7. The lowest BCUT2D eigenvalue weighted by Gasteiger charge is -2.23.